The maximum absolute atomic E-state index is 13.0. The van der Waals surface area contributed by atoms with Gasteiger partial charge in [-0.1, -0.05) is 71.8 Å². The minimum atomic E-state index is -3.62. The second-order valence-electron chi connectivity index (χ2n) is 6.56. The lowest BCUT2D eigenvalue weighted by Gasteiger charge is -2.20. The Bertz CT molecular complexity index is 1050. The van der Waals surface area contributed by atoms with Gasteiger partial charge in [-0.2, -0.15) is 4.72 Å². The first kappa shape index (κ1) is 16.1. The highest BCUT2D eigenvalue weighted by Gasteiger charge is 2.31. The third kappa shape index (κ3) is 2.77. The fraction of sp³-hybridized carbons (Fsp3) is 0.143. The molecule has 1 aliphatic heterocycles. The molecule has 4 rings (SSSR count). The van der Waals surface area contributed by atoms with Crippen LogP contribution >= 0.6 is 0 Å². The van der Waals surface area contributed by atoms with Crippen molar-refractivity contribution in [3.63, 3.8) is 0 Å². The Morgan fingerprint density at radius 1 is 0.800 bits per heavy atom. The number of rotatable bonds is 1. The Labute approximate surface area is 148 Å². The van der Waals surface area contributed by atoms with Crippen molar-refractivity contribution in [3.05, 3.63) is 89.0 Å². The highest BCUT2D eigenvalue weighted by molar-refractivity contribution is 7.89. The van der Waals surface area contributed by atoms with Gasteiger partial charge < -0.3 is 0 Å². The molecular weight excluding hydrogens is 330 g/mol. The molecule has 4 heteroatoms. The van der Waals surface area contributed by atoms with E-state index in [9.17, 15) is 8.42 Å². The smallest absolute Gasteiger partial charge is 0.207 e. The zero-order valence-corrected chi connectivity index (χ0v) is 15.0. The van der Waals surface area contributed by atoms with Crippen LogP contribution in [0.1, 0.15) is 28.3 Å². The maximum atomic E-state index is 13.0. The average Bonchev–Trinajstić information content (AvgIpc) is 2.68. The largest absolute Gasteiger partial charge is 0.242 e. The molecule has 0 aromatic heterocycles. The van der Waals surface area contributed by atoms with E-state index < -0.39 is 16.1 Å². The van der Waals surface area contributed by atoms with Gasteiger partial charge in [0.15, 0.2) is 0 Å². The average molecular weight is 349 g/mol. The van der Waals surface area contributed by atoms with Crippen molar-refractivity contribution in [2.45, 2.75) is 24.8 Å². The standard InChI is InChI=1S/C21H19NO2S/c1-14-11-15(2)13-16(12-14)21-19-9-4-3-7-17(19)18-8-5-6-10-20(18)25(23,24)22-21/h3-13,21-22H,1-2H3. The van der Waals surface area contributed by atoms with Gasteiger partial charge in [0.2, 0.25) is 10.0 Å². The molecule has 1 unspecified atom stereocenters. The van der Waals surface area contributed by atoms with Crippen molar-refractivity contribution >= 4 is 10.0 Å². The van der Waals surface area contributed by atoms with Gasteiger partial charge >= 0.3 is 0 Å². The highest BCUT2D eigenvalue weighted by Crippen LogP contribution is 2.39. The van der Waals surface area contributed by atoms with Gasteiger partial charge in [-0.15, -0.1) is 0 Å². The van der Waals surface area contributed by atoms with Crippen molar-refractivity contribution in [1.82, 2.24) is 4.72 Å². The van der Waals surface area contributed by atoms with E-state index >= 15 is 0 Å². The molecule has 25 heavy (non-hydrogen) atoms. The van der Waals surface area contributed by atoms with Crippen LogP contribution in [0.15, 0.2) is 71.6 Å². The monoisotopic (exact) mass is 349 g/mol. The van der Waals surface area contributed by atoms with E-state index in [-0.39, 0.29) is 0 Å². The molecule has 0 spiro atoms. The van der Waals surface area contributed by atoms with E-state index in [1.165, 1.54) is 0 Å². The van der Waals surface area contributed by atoms with E-state index in [4.69, 9.17) is 0 Å². The topological polar surface area (TPSA) is 46.2 Å². The zero-order chi connectivity index (χ0) is 17.6. The third-order valence-corrected chi connectivity index (χ3v) is 6.07. The molecule has 0 saturated heterocycles. The molecule has 0 aliphatic carbocycles. The summed E-state index contributed by atoms with van der Waals surface area (Å²) in [7, 11) is -3.62. The molecule has 0 radical (unpaired) electrons. The van der Waals surface area contributed by atoms with Gasteiger partial charge in [0.25, 0.3) is 0 Å². The number of hydrogen-bond acceptors (Lipinski definition) is 2. The van der Waals surface area contributed by atoms with E-state index in [0.717, 1.165) is 33.4 Å². The summed E-state index contributed by atoms with van der Waals surface area (Å²) in [5.74, 6) is 0. The van der Waals surface area contributed by atoms with Crippen LogP contribution < -0.4 is 4.72 Å². The number of sulfonamides is 1. The predicted octanol–water partition coefficient (Wildman–Crippen LogP) is 4.35. The first-order valence-electron chi connectivity index (χ1n) is 8.24. The summed E-state index contributed by atoms with van der Waals surface area (Å²) in [6.45, 7) is 4.06. The highest BCUT2D eigenvalue weighted by atomic mass is 32.2. The van der Waals surface area contributed by atoms with Crippen LogP contribution in [-0.4, -0.2) is 8.42 Å². The normalized spacial score (nSPS) is 18.1. The fourth-order valence-electron chi connectivity index (χ4n) is 3.62. The summed E-state index contributed by atoms with van der Waals surface area (Å²) in [5.41, 5.74) is 5.87. The van der Waals surface area contributed by atoms with Crippen molar-refractivity contribution in [2.24, 2.45) is 0 Å². The summed E-state index contributed by atoms with van der Waals surface area (Å²) in [4.78, 5) is 0.328. The first-order valence-corrected chi connectivity index (χ1v) is 9.73. The molecule has 1 heterocycles. The number of aryl methyl sites for hydroxylation is 2. The Hall–Kier alpha value is -2.43. The maximum Gasteiger partial charge on any atom is 0.242 e. The van der Waals surface area contributed by atoms with Crippen LogP contribution in [0, 0.1) is 13.8 Å². The van der Waals surface area contributed by atoms with Gasteiger partial charge in [-0.3, -0.25) is 0 Å². The van der Waals surface area contributed by atoms with Gasteiger partial charge in [-0.25, -0.2) is 8.42 Å². The quantitative estimate of drug-likeness (QED) is 0.710. The van der Waals surface area contributed by atoms with Gasteiger partial charge in [-0.05, 0) is 36.6 Å². The molecule has 1 N–H and O–H groups in total. The molecule has 1 atom stereocenters. The van der Waals surface area contributed by atoms with Crippen molar-refractivity contribution in [1.29, 1.82) is 0 Å². The molecule has 3 aromatic rings. The first-order chi connectivity index (χ1) is 12.0. The second kappa shape index (κ2) is 5.83. The van der Waals surface area contributed by atoms with E-state index in [2.05, 4.69) is 10.8 Å². The van der Waals surface area contributed by atoms with Crippen molar-refractivity contribution in [2.75, 3.05) is 0 Å². The van der Waals surface area contributed by atoms with Crippen LogP contribution in [0.5, 0.6) is 0 Å². The van der Waals surface area contributed by atoms with Gasteiger partial charge in [0.05, 0.1) is 10.9 Å². The van der Waals surface area contributed by atoms with Crippen molar-refractivity contribution < 1.29 is 8.42 Å². The van der Waals surface area contributed by atoms with Crippen molar-refractivity contribution in [3.8, 4) is 11.1 Å². The molecule has 3 aromatic carbocycles. The number of benzene rings is 3. The molecule has 0 saturated carbocycles. The van der Waals surface area contributed by atoms with Crippen LogP contribution in [0.2, 0.25) is 0 Å². The Morgan fingerprint density at radius 2 is 1.40 bits per heavy atom. The molecule has 0 amide bonds. The Balaban J connectivity index is 2.03. The summed E-state index contributed by atoms with van der Waals surface area (Å²) in [6.07, 6.45) is 0. The number of hydrogen-bond donors (Lipinski definition) is 1. The summed E-state index contributed by atoms with van der Waals surface area (Å²) in [5, 5.41) is 0. The van der Waals surface area contributed by atoms with Gasteiger partial charge in [0, 0.05) is 5.56 Å². The second-order valence-corrected chi connectivity index (χ2v) is 8.24. The fourth-order valence-corrected chi connectivity index (χ4v) is 5.05. The Morgan fingerprint density at radius 3 is 2.12 bits per heavy atom. The van der Waals surface area contributed by atoms with Crippen LogP contribution in [0.3, 0.4) is 0 Å². The molecule has 126 valence electrons. The van der Waals surface area contributed by atoms with Crippen LogP contribution in [-0.2, 0) is 10.0 Å². The number of fused-ring (bicyclic) bond motifs is 3. The minimum absolute atomic E-state index is 0.328. The predicted molar refractivity (Wildman–Crippen MR) is 100.0 cm³/mol. The summed E-state index contributed by atoms with van der Waals surface area (Å²) < 4.78 is 28.9. The molecule has 0 fully saturated rings. The zero-order valence-electron chi connectivity index (χ0n) is 14.2. The third-order valence-electron chi connectivity index (χ3n) is 4.59. The van der Waals surface area contributed by atoms with Crippen LogP contribution in [0.4, 0.5) is 0 Å². The van der Waals surface area contributed by atoms with Gasteiger partial charge in [0.1, 0.15) is 0 Å². The SMILES string of the molecule is Cc1cc(C)cc(C2NS(=O)(=O)c3ccccc3-c3ccccc32)c1. The number of nitrogens with one attached hydrogen (secondary N) is 1. The van der Waals surface area contributed by atoms with E-state index in [1.807, 2.05) is 62.4 Å². The molecular formula is C21H19NO2S. The summed E-state index contributed by atoms with van der Waals surface area (Å²) >= 11 is 0. The van der Waals surface area contributed by atoms with E-state index in [1.54, 1.807) is 12.1 Å². The lowest BCUT2D eigenvalue weighted by atomic mass is 9.90. The van der Waals surface area contributed by atoms with E-state index in [0.29, 0.717) is 4.90 Å². The Kier molecular flexibility index (Phi) is 3.74. The minimum Gasteiger partial charge on any atom is -0.207 e. The molecule has 1 aliphatic rings. The lowest BCUT2D eigenvalue weighted by molar-refractivity contribution is 0.574. The summed E-state index contributed by atoms with van der Waals surface area (Å²) in [6, 6.07) is 20.9. The molecule has 0 bridgehead atoms. The van der Waals surface area contributed by atoms with Crippen LogP contribution in [0.25, 0.3) is 11.1 Å². The molecule has 3 nitrogen and oxygen atoms in total. The lowest BCUT2D eigenvalue weighted by Crippen LogP contribution is -2.28.